The van der Waals surface area contributed by atoms with Crippen molar-refractivity contribution in [1.82, 2.24) is 5.32 Å². The van der Waals surface area contributed by atoms with Crippen LogP contribution < -0.4 is 25.4 Å². The molecule has 7 heteroatoms. The van der Waals surface area contributed by atoms with Crippen LogP contribution in [0.5, 0.6) is 11.5 Å². The Morgan fingerprint density at radius 1 is 0.800 bits per heavy atom. The fourth-order valence-corrected chi connectivity index (χ4v) is 2.67. The Balaban J connectivity index is 1.45. The second kappa shape index (κ2) is 10.5. The van der Waals surface area contributed by atoms with Crippen molar-refractivity contribution >= 4 is 23.3 Å². The molecule has 7 nitrogen and oxygen atoms in total. The number of urea groups is 1. The second-order valence-electron chi connectivity index (χ2n) is 6.31. The highest BCUT2D eigenvalue weighted by molar-refractivity contribution is 6.04. The van der Waals surface area contributed by atoms with Gasteiger partial charge in [-0.1, -0.05) is 30.3 Å². The number of methoxy groups -OCH3 is 1. The van der Waals surface area contributed by atoms with Gasteiger partial charge in [-0.2, -0.15) is 0 Å². The minimum atomic E-state index is -0.365. The predicted molar refractivity (Wildman–Crippen MR) is 116 cm³/mol. The highest BCUT2D eigenvalue weighted by Crippen LogP contribution is 2.18. The van der Waals surface area contributed by atoms with Crippen LogP contribution in [0.15, 0.2) is 78.9 Å². The molecule has 0 aromatic heterocycles. The first kappa shape index (κ1) is 20.7. The van der Waals surface area contributed by atoms with Crippen LogP contribution in [0.25, 0.3) is 0 Å². The van der Waals surface area contributed by atoms with Crippen molar-refractivity contribution in [2.45, 2.75) is 0 Å². The molecule has 0 unspecified atom stereocenters. The molecule has 0 aliphatic carbocycles. The fraction of sp³-hybridized carbons (Fsp3) is 0.130. The lowest BCUT2D eigenvalue weighted by molar-refractivity contribution is 0.102. The van der Waals surface area contributed by atoms with Gasteiger partial charge >= 0.3 is 6.03 Å². The van der Waals surface area contributed by atoms with E-state index in [1.807, 2.05) is 24.3 Å². The summed E-state index contributed by atoms with van der Waals surface area (Å²) in [6.07, 6.45) is 0. The van der Waals surface area contributed by atoms with Crippen LogP contribution in [-0.4, -0.2) is 32.2 Å². The van der Waals surface area contributed by atoms with E-state index >= 15 is 0 Å². The number of hydrogen-bond donors (Lipinski definition) is 3. The minimum absolute atomic E-state index is 0.216. The fourth-order valence-electron chi connectivity index (χ4n) is 2.67. The zero-order valence-electron chi connectivity index (χ0n) is 16.6. The Morgan fingerprint density at radius 3 is 2.27 bits per heavy atom. The first-order valence-electron chi connectivity index (χ1n) is 9.42. The molecule has 3 amide bonds. The van der Waals surface area contributed by atoms with Crippen LogP contribution in [-0.2, 0) is 0 Å². The van der Waals surface area contributed by atoms with E-state index in [1.165, 1.54) is 0 Å². The number of hydrogen-bond acceptors (Lipinski definition) is 4. The van der Waals surface area contributed by atoms with Crippen molar-refractivity contribution in [2.75, 3.05) is 30.9 Å². The van der Waals surface area contributed by atoms with Crippen molar-refractivity contribution in [3.05, 3.63) is 84.4 Å². The predicted octanol–water partition coefficient (Wildman–Crippen LogP) is 4.15. The molecular weight excluding hydrogens is 382 g/mol. The molecule has 30 heavy (non-hydrogen) atoms. The van der Waals surface area contributed by atoms with Crippen molar-refractivity contribution < 1.29 is 19.1 Å². The number of anilines is 2. The number of benzene rings is 3. The highest BCUT2D eigenvalue weighted by atomic mass is 16.5. The maximum absolute atomic E-state index is 12.2. The van der Waals surface area contributed by atoms with Gasteiger partial charge in [-0.3, -0.25) is 4.79 Å². The third kappa shape index (κ3) is 6.27. The van der Waals surface area contributed by atoms with Gasteiger partial charge in [0.25, 0.3) is 5.91 Å². The molecule has 3 N–H and O–H groups in total. The van der Waals surface area contributed by atoms with Crippen molar-refractivity contribution in [3.63, 3.8) is 0 Å². The smallest absolute Gasteiger partial charge is 0.319 e. The van der Waals surface area contributed by atoms with Crippen molar-refractivity contribution in [2.24, 2.45) is 0 Å². The van der Waals surface area contributed by atoms with E-state index < -0.39 is 0 Å². The molecule has 0 spiro atoms. The Kier molecular flexibility index (Phi) is 7.27. The van der Waals surface area contributed by atoms with Crippen LogP contribution in [0.4, 0.5) is 16.2 Å². The maximum atomic E-state index is 12.2. The number of ether oxygens (including phenoxy) is 2. The van der Waals surface area contributed by atoms with Crippen LogP contribution >= 0.6 is 0 Å². The van der Waals surface area contributed by atoms with Crippen LogP contribution in [0.2, 0.25) is 0 Å². The van der Waals surface area contributed by atoms with E-state index in [-0.39, 0.29) is 11.9 Å². The van der Waals surface area contributed by atoms with Gasteiger partial charge in [0.2, 0.25) is 0 Å². The molecule has 0 aliphatic rings. The van der Waals surface area contributed by atoms with E-state index in [0.717, 1.165) is 0 Å². The standard InChI is InChI=1S/C23H23N3O4/c1-29-20-11-6-12-21(16-20)30-14-13-24-23(28)26-19-10-5-9-18(15-19)25-22(27)17-7-3-2-4-8-17/h2-12,15-16H,13-14H2,1H3,(H,25,27)(H2,24,26,28). The van der Waals surface area contributed by atoms with E-state index in [2.05, 4.69) is 16.0 Å². The number of rotatable bonds is 8. The van der Waals surface area contributed by atoms with Gasteiger partial charge in [-0.05, 0) is 42.5 Å². The average molecular weight is 405 g/mol. The second-order valence-corrected chi connectivity index (χ2v) is 6.31. The summed E-state index contributed by atoms with van der Waals surface area (Å²) in [5.41, 5.74) is 1.71. The zero-order chi connectivity index (χ0) is 21.2. The van der Waals surface area contributed by atoms with Crippen LogP contribution in [0.1, 0.15) is 10.4 Å². The molecule has 0 aliphatic heterocycles. The van der Waals surface area contributed by atoms with E-state index in [9.17, 15) is 9.59 Å². The summed E-state index contributed by atoms with van der Waals surface area (Å²) in [6, 6.07) is 22.7. The molecule has 0 radical (unpaired) electrons. The van der Waals surface area contributed by atoms with E-state index in [0.29, 0.717) is 41.6 Å². The Morgan fingerprint density at radius 2 is 1.50 bits per heavy atom. The molecule has 0 saturated heterocycles. The molecule has 3 rings (SSSR count). The van der Waals surface area contributed by atoms with Gasteiger partial charge in [0.15, 0.2) is 0 Å². The molecule has 3 aromatic rings. The number of carbonyl (C=O) groups is 2. The molecule has 0 heterocycles. The lowest BCUT2D eigenvalue weighted by Crippen LogP contribution is -2.32. The number of carbonyl (C=O) groups excluding carboxylic acids is 2. The lowest BCUT2D eigenvalue weighted by atomic mass is 10.2. The molecular formula is C23H23N3O4. The quantitative estimate of drug-likeness (QED) is 0.491. The summed E-state index contributed by atoms with van der Waals surface area (Å²) in [5, 5.41) is 8.27. The van der Waals surface area contributed by atoms with Crippen LogP contribution in [0, 0.1) is 0 Å². The molecule has 154 valence electrons. The monoisotopic (exact) mass is 405 g/mol. The molecule has 0 saturated carbocycles. The highest BCUT2D eigenvalue weighted by Gasteiger charge is 2.07. The summed E-state index contributed by atoms with van der Waals surface area (Å²) in [7, 11) is 1.59. The maximum Gasteiger partial charge on any atom is 0.319 e. The molecule has 0 fully saturated rings. The summed E-state index contributed by atoms with van der Waals surface area (Å²) < 4.78 is 10.7. The SMILES string of the molecule is COc1cccc(OCCNC(=O)Nc2cccc(NC(=O)c3ccccc3)c2)c1. The Hall–Kier alpha value is -4.00. The Labute approximate surface area is 175 Å². The molecule has 0 atom stereocenters. The molecule has 0 bridgehead atoms. The first-order valence-corrected chi connectivity index (χ1v) is 9.42. The van der Waals surface area contributed by atoms with E-state index in [1.54, 1.807) is 61.7 Å². The van der Waals surface area contributed by atoms with Crippen molar-refractivity contribution in [3.8, 4) is 11.5 Å². The zero-order valence-corrected chi connectivity index (χ0v) is 16.6. The largest absolute Gasteiger partial charge is 0.497 e. The Bertz CT molecular complexity index is 993. The summed E-state index contributed by atoms with van der Waals surface area (Å²) >= 11 is 0. The number of nitrogens with one attached hydrogen (secondary N) is 3. The minimum Gasteiger partial charge on any atom is -0.497 e. The van der Waals surface area contributed by atoms with Gasteiger partial charge in [0.1, 0.15) is 18.1 Å². The molecule has 3 aromatic carbocycles. The van der Waals surface area contributed by atoms with Gasteiger partial charge in [0.05, 0.1) is 13.7 Å². The van der Waals surface area contributed by atoms with Gasteiger partial charge in [-0.15, -0.1) is 0 Å². The average Bonchev–Trinajstić information content (AvgIpc) is 2.78. The topological polar surface area (TPSA) is 88.7 Å². The summed E-state index contributed by atoms with van der Waals surface area (Å²) in [6.45, 7) is 0.640. The third-order valence-corrected chi connectivity index (χ3v) is 4.11. The van der Waals surface area contributed by atoms with Crippen molar-refractivity contribution in [1.29, 1.82) is 0 Å². The number of amides is 3. The van der Waals surface area contributed by atoms with Gasteiger partial charge in [0, 0.05) is 23.0 Å². The van der Waals surface area contributed by atoms with E-state index in [4.69, 9.17) is 9.47 Å². The first-order chi connectivity index (χ1) is 14.6. The lowest BCUT2D eigenvalue weighted by Gasteiger charge is -2.11. The van der Waals surface area contributed by atoms with Crippen LogP contribution in [0.3, 0.4) is 0 Å². The third-order valence-electron chi connectivity index (χ3n) is 4.11. The van der Waals surface area contributed by atoms with Gasteiger partial charge < -0.3 is 25.4 Å². The summed E-state index contributed by atoms with van der Waals surface area (Å²) in [5.74, 6) is 1.16. The normalized spacial score (nSPS) is 10.0. The summed E-state index contributed by atoms with van der Waals surface area (Å²) in [4.78, 5) is 24.3. The van der Waals surface area contributed by atoms with Gasteiger partial charge in [-0.25, -0.2) is 4.79 Å².